The highest BCUT2D eigenvalue weighted by atomic mass is 16.3. The van der Waals surface area contributed by atoms with Gasteiger partial charge in [0.05, 0.1) is 0 Å². The lowest BCUT2D eigenvalue weighted by Crippen LogP contribution is -2.48. The van der Waals surface area contributed by atoms with E-state index < -0.39 is 18.4 Å². The van der Waals surface area contributed by atoms with E-state index in [-0.39, 0.29) is 5.91 Å². The predicted octanol–water partition coefficient (Wildman–Crippen LogP) is -0.0130. The SMILES string of the molecule is CNC(=O)N1C(O)N(C)C(=O)[C@@H]1Cc1ccccc1. The number of hydrogen-bond acceptors (Lipinski definition) is 3. The van der Waals surface area contributed by atoms with Crippen molar-refractivity contribution in [2.45, 2.75) is 18.8 Å². The van der Waals surface area contributed by atoms with Crippen LogP contribution in [0.5, 0.6) is 0 Å². The maximum absolute atomic E-state index is 12.1. The molecule has 19 heavy (non-hydrogen) atoms. The van der Waals surface area contributed by atoms with Crippen LogP contribution >= 0.6 is 0 Å². The molecule has 102 valence electrons. The quantitative estimate of drug-likeness (QED) is 0.788. The minimum absolute atomic E-state index is 0.264. The molecule has 1 unspecified atom stereocenters. The monoisotopic (exact) mass is 263 g/mol. The van der Waals surface area contributed by atoms with E-state index in [2.05, 4.69) is 5.32 Å². The zero-order valence-electron chi connectivity index (χ0n) is 10.9. The van der Waals surface area contributed by atoms with Gasteiger partial charge < -0.3 is 15.3 Å². The van der Waals surface area contributed by atoms with Gasteiger partial charge in [-0.15, -0.1) is 0 Å². The highest BCUT2D eigenvalue weighted by Gasteiger charge is 2.45. The van der Waals surface area contributed by atoms with Crippen molar-refractivity contribution in [3.8, 4) is 0 Å². The molecule has 1 fully saturated rings. The number of nitrogens with one attached hydrogen (secondary N) is 1. The molecular weight excluding hydrogens is 246 g/mol. The van der Waals surface area contributed by atoms with Gasteiger partial charge in [-0.3, -0.25) is 9.69 Å². The van der Waals surface area contributed by atoms with E-state index >= 15 is 0 Å². The van der Waals surface area contributed by atoms with Crippen LogP contribution in [-0.4, -0.2) is 53.3 Å². The maximum atomic E-state index is 12.1. The summed E-state index contributed by atoms with van der Waals surface area (Å²) in [6.45, 7) is 0. The van der Waals surface area contributed by atoms with Crippen LogP contribution in [0.2, 0.25) is 0 Å². The zero-order chi connectivity index (χ0) is 14.0. The van der Waals surface area contributed by atoms with Crippen molar-refractivity contribution in [2.75, 3.05) is 14.1 Å². The van der Waals surface area contributed by atoms with Gasteiger partial charge in [-0.25, -0.2) is 4.79 Å². The molecule has 0 saturated carbocycles. The molecule has 0 radical (unpaired) electrons. The Labute approximate surface area is 111 Å². The van der Waals surface area contributed by atoms with Crippen LogP contribution in [0.25, 0.3) is 0 Å². The van der Waals surface area contributed by atoms with Crippen LogP contribution in [-0.2, 0) is 11.2 Å². The van der Waals surface area contributed by atoms with Crippen molar-refractivity contribution in [1.82, 2.24) is 15.1 Å². The summed E-state index contributed by atoms with van der Waals surface area (Å²) < 4.78 is 0. The Balaban J connectivity index is 2.25. The number of urea groups is 1. The predicted molar refractivity (Wildman–Crippen MR) is 69.0 cm³/mol. The fraction of sp³-hybridized carbons (Fsp3) is 0.385. The van der Waals surface area contributed by atoms with Crippen molar-refractivity contribution < 1.29 is 14.7 Å². The third-order valence-electron chi connectivity index (χ3n) is 3.28. The Morgan fingerprint density at radius 2 is 2.00 bits per heavy atom. The van der Waals surface area contributed by atoms with E-state index in [1.165, 1.54) is 19.0 Å². The number of aliphatic hydroxyl groups excluding tert-OH is 1. The second kappa shape index (κ2) is 5.27. The number of aliphatic hydroxyl groups is 1. The normalized spacial score (nSPS) is 22.8. The molecule has 0 aliphatic carbocycles. The lowest BCUT2D eigenvalue weighted by molar-refractivity contribution is -0.132. The fourth-order valence-electron chi connectivity index (χ4n) is 2.21. The molecule has 2 atom stereocenters. The number of hydrogen-bond donors (Lipinski definition) is 2. The minimum Gasteiger partial charge on any atom is -0.356 e. The van der Waals surface area contributed by atoms with Crippen LogP contribution in [0, 0.1) is 0 Å². The Hall–Kier alpha value is -2.08. The first kappa shape index (κ1) is 13.4. The van der Waals surface area contributed by atoms with E-state index in [1.54, 1.807) is 0 Å². The number of nitrogens with zero attached hydrogens (tertiary/aromatic N) is 2. The average molecular weight is 263 g/mol. The minimum atomic E-state index is -1.22. The van der Waals surface area contributed by atoms with E-state index in [9.17, 15) is 14.7 Å². The van der Waals surface area contributed by atoms with Gasteiger partial charge in [-0.2, -0.15) is 0 Å². The van der Waals surface area contributed by atoms with Crippen molar-refractivity contribution in [3.63, 3.8) is 0 Å². The molecule has 6 nitrogen and oxygen atoms in total. The Morgan fingerprint density at radius 1 is 1.37 bits per heavy atom. The van der Waals surface area contributed by atoms with Crippen LogP contribution in [0.1, 0.15) is 5.56 Å². The second-order valence-electron chi connectivity index (χ2n) is 4.46. The van der Waals surface area contributed by atoms with Gasteiger partial charge >= 0.3 is 6.03 Å². The molecule has 6 heteroatoms. The van der Waals surface area contributed by atoms with Gasteiger partial charge in [0, 0.05) is 20.5 Å². The summed E-state index contributed by atoms with van der Waals surface area (Å²) in [6.07, 6.45) is -0.838. The molecule has 0 spiro atoms. The van der Waals surface area contributed by atoms with Gasteiger partial charge in [0.15, 0.2) is 0 Å². The molecule has 0 bridgehead atoms. The molecular formula is C13H17N3O3. The van der Waals surface area contributed by atoms with Crippen molar-refractivity contribution in [2.24, 2.45) is 0 Å². The van der Waals surface area contributed by atoms with Gasteiger partial charge in [0.1, 0.15) is 6.04 Å². The first-order chi connectivity index (χ1) is 9.06. The molecule has 2 rings (SSSR count). The third kappa shape index (κ3) is 2.39. The van der Waals surface area contributed by atoms with E-state index in [0.717, 1.165) is 10.5 Å². The van der Waals surface area contributed by atoms with Crippen LogP contribution in [0.15, 0.2) is 30.3 Å². The number of likely N-dealkylation sites (N-methyl/N-ethyl adjacent to an activating group) is 1. The number of amides is 3. The van der Waals surface area contributed by atoms with Gasteiger partial charge in [0.25, 0.3) is 0 Å². The van der Waals surface area contributed by atoms with Crippen LogP contribution < -0.4 is 5.32 Å². The zero-order valence-corrected chi connectivity index (χ0v) is 10.9. The number of benzene rings is 1. The largest absolute Gasteiger partial charge is 0.356 e. The molecule has 1 aliphatic heterocycles. The number of carbonyl (C=O) groups is 2. The lowest BCUT2D eigenvalue weighted by atomic mass is 10.1. The Kier molecular flexibility index (Phi) is 3.71. The highest BCUT2D eigenvalue weighted by Crippen LogP contribution is 2.22. The van der Waals surface area contributed by atoms with E-state index in [0.29, 0.717) is 6.42 Å². The Bertz CT molecular complexity index is 477. The lowest BCUT2D eigenvalue weighted by Gasteiger charge is -2.25. The summed E-state index contributed by atoms with van der Waals surface area (Å²) >= 11 is 0. The molecule has 1 aromatic rings. The smallest absolute Gasteiger partial charge is 0.321 e. The highest BCUT2D eigenvalue weighted by molar-refractivity contribution is 5.90. The number of rotatable bonds is 2. The number of carbonyl (C=O) groups excluding carboxylic acids is 2. The summed E-state index contributed by atoms with van der Waals surface area (Å²) in [4.78, 5) is 26.2. The standard InChI is InChI=1S/C13H17N3O3/c1-14-12(18)16-10(11(17)15(2)13(16)19)8-9-6-4-3-5-7-9/h3-7,10,13,19H,8H2,1-2H3,(H,14,18)/t10-,13?/m0/s1. The fourth-order valence-corrected chi connectivity index (χ4v) is 2.21. The molecule has 1 aliphatic rings. The summed E-state index contributed by atoms with van der Waals surface area (Å²) in [5.41, 5.74) is 0.942. The first-order valence-corrected chi connectivity index (χ1v) is 6.05. The maximum Gasteiger partial charge on any atom is 0.321 e. The average Bonchev–Trinajstić information content (AvgIpc) is 2.64. The summed E-state index contributed by atoms with van der Waals surface area (Å²) in [5.74, 6) is -0.264. The molecule has 1 saturated heterocycles. The van der Waals surface area contributed by atoms with Crippen LogP contribution in [0.4, 0.5) is 4.79 Å². The topological polar surface area (TPSA) is 72.9 Å². The summed E-state index contributed by atoms with van der Waals surface area (Å²) in [5, 5.41) is 12.4. The van der Waals surface area contributed by atoms with Crippen LogP contribution in [0.3, 0.4) is 0 Å². The summed E-state index contributed by atoms with van der Waals surface area (Å²) in [7, 11) is 2.95. The third-order valence-corrected chi connectivity index (χ3v) is 3.28. The van der Waals surface area contributed by atoms with Crippen molar-refractivity contribution >= 4 is 11.9 Å². The van der Waals surface area contributed by atoms with Crippen molar-refractivity contribution in [1.29, 1.82) is 0 Å². The molecule has 0 aromatic heterocycles. The first-order valence-electron chi connectivity index (χ1n) is 6.05. The molecule has 1 aromatic carbocycles. The van der Waals surface area contributed by atoms with Gasteiger partial charge in [0.2, 0.25) is 12.3 Å². The second-order valence-corrected chi connectivity index (χ2v) is 4.46. The molecule has 3 amide bonds. The Morgan fingerprint density at radius 3 is 2.58 bits per heavy atom. The molecule has 2 N–H and O–H groups in total. The molecule has 1 heterocycles. The van der Waals surface area contributed by atoms with Gasteiger partial charge in [-0.1, -0.05) is 30.3 Å². The van der Waals surface area contributed by atoms with Crippen molar-refractivity contribution in [3.05, 3.63) is 35.9 Å². The van der Waals surface area contributed by atoms with E-state index in [1.807, 2.05) is 30.3 Å². The summed E-state index contributed by atoms with van der Waals surface area (Å²) in [6, 6.07) is 8.27. The van der Waals surface area contributed by atoms with E-state index in [4.69, 9.17) is 0 Å². The van der Waals surface area contributed by atoms with Gasteiger partial charge in [-0.05, 0) is 5.56 Å².